The van der Waals surface area contributed by atoms with Crippen LogP contribution in [0.4, 0.5) is 4.79 Å². The van der Waals surface area contributed by atoms with Crippen LogP contribution in [0.15, 0.2) is 0 Å². The topological polar surface area (TPSA) is 72.4 Å². The van der Waals surface area contributed by atoms with E-state index in [1.165, 1.54) is 0 Å². The summed E-state index contributed by atoms with van der Waals surface area (Å²) in [4.78, 5) is 8.33. The second kappa shape index (κ2) is 10.3. The van der Waals surface area contributed by atoms with Crippen LogP contribution in [-0.2, 0) is 2.84 Å². The van der Waals surface area contributed by atoms with Crippen LogP contribution in [0.3, 0.4) is 0 Å². The molecule has 0 aliphatic heterocycles. The van der Waals surface area contributed by atoms with Gasteiger partial charge in [-0.15, -0.1) is 0 Å². The van der Waals surface area contributed by atoms with E-state index in [0.29, 0.717) is 0 Å². The van der Waals surface area contributed by atoms with E-state index in [1.54, 1.807) is 0 Å². The maximum atomic E-state index is 8.33. The Morgan fingerprint density at radius 3 is 1.88 bits per heavy atom. The average Bonchev–Trinajstić information content (AvgIpc) is 1.65. The normalized spacial score (nSPS) is 6.38. The second-order valence-corrected chi connectivity index (χ2v) is 2.62. The van der Waals surface area contributed by atoms with Crippen LogP contribution in [0.25, 0.3) is 0 Å². The van der Waals surface area contributed by atoms with Crippen LogP contribution in [0, 0.1) is 0 Å². The minimum atomic E-state index is -2.33. The molecule has 0 radical (unpaired) electrons. The predicted molar refractivity (Wildman–Crippen MR) is 25.2 cm³/mol. The van der Waals surface area contributed by atoms with E-state index < -0.39 is 6.16 Å². The molecule has 0 aliphatic carbocycles. The van der Waals surface area contributed by atoms with Crippen molar-refractivity contribution >= 4 is 38.3 Å². The summed E-state index contributed by atoms with van der Waals surface area (Å²) >= 11 is 2.10. The van der Waals surface area contributed by atoms with Crippen molar-refractivity contribution in [2.45, 2.75) is 5.79 Å². The molecule has 0 N–H and O–H groups in total. The number of hydrogen-bond acceptors (Lipinski definition) is 4. The zero-order chi connectivity index (χ0) is 6.99. The summed E-state index contributed by atoms with van der Waals surface area (Å²) in [6.45, 7) is 0. The fourth-order valence-corrected chi connectivity index (χ4v) is 0. The molecule has 0 aliphatic rings. The zero-order valence-electron chi connectivity index (χ0n) is 4.42. The third kappa shape index (κ3) is 105. The first-order valence-electron chi connectivity index (χ1n) is 1.84. The summed E-state index contributed by atoms with van der Waals surface area (Å²) in [5.41, 5.74) is 0. The Balaban J connectivity index is 0. The van der Waals surface area contributed by atoms with Gasteiger partial charge in [-0.2, -0.15) is 0 Å². The van der Waals surface area contributed by atoms with Gasteiger partial charge >= 0.3 is 40.8 Å². The summed E-state index contributed by atoms with van der Waals surface area (Å²) in [5.74, 6) is 2.08. The van der Waals surface area contributed by atoms with Crippen LogP contribution < -0.4 is 10.2 Å². The molecule has 0 rings (SSSR count). The molecule has 0 heterocycles. The molecule has 0 unspecified atom stereocenters. The van der Waals surface area contributed by atoms with Gasteiger partial charge in [0.1, 0.15) is 0 Å². The number of carboxylic acid groups (broad SMARTS) is 2. The van der Waals surface area contributed by atoms with Gasteiger partial charge in [0.05, 0.1) is 0 Å². The molecule has 4 nitrogen and oxygen atoms in total. The molecule has 0 saturated heterocycles. The van der Waals surface area contributed by atoms with Gasteiger partial charge in [0.25, 0.3) is 0 Å². The molecular formula is C2H4Al2O4. The fourth-order valence-electron chi connectivity index (χ4n) is 0. The van der Waals surface area contributed by atoms with Crippen molar-refractivity contribution in [1.29, 1.82) is 0 Å². The van der Waals surface area contributed by atoms with Crippen molar-refractivity contribution in [1.82, 2.24) is 0 Å². The molecular weight excluding hydrogens is 142 g/mol. The first-order valence-corrected chi connectivity index (χ1v) is 4.31. The van der Waals surface area contributed by atoms with Gasteiger partial charge in [0.15, 0.2) is 0 Å². The third-order valence-electron chi connectivity index (χ3n) is 0.167. The standard InChI is InChI=1S/CH2O3.CH3.2Al.O.H/c2-1(3)4;;;;;/h(H2,2,3,4);1H3;;;;/q;;;+2;;/p-2. The fraction of sp³-hybridized carbons (Fsp3) is 0.500. The van der Waals surface area contributed by atoms with Crippen LogP contribution in [-0.4, -0.2) is 38.3 Å². The molecule has 42 valence electrons. The van der Waals surface area contributed by atoms with Crippen molar-refractivity contribution in [3.05, 3.63) is 0 Å². The van der Waals surface area contributed by atoms with Crippen molar-refractivity contribution in [3.8, 4) is 0 Å². The monoisotopic (exact) mass is 146 g/mol. The van der Waals surface area contributed by atoms with Crippen molar-refractivity contribution in [2.24, 2.45) is 0 Å². The Bertz CT molecular complexity index is 50.0. The maximum absolute atomic E-state index is 8.33. The van der Waals surface area contributed by atoms with Crippen molar-refractivity contribution < 1.29 is 17.8 Å². The first kappa shape index (κ1) is 11.1. The van der Waals surface area contributed by atoms with E-state index in [9.17, 15) is 0 Å². The Morgan fingerprint density at radius 1 is 1.75 bits per heavy atom. The van der Waals surface area contributed by atoms with Gasteiger partial charge in [-0.3, -0.25) is 0 Å². The quantitative estimate of drug-likeness (QED) is 0.370. The molecule has 0 spiro atoms. The van der Waals surface area contributed by atoms with Crippen molar-refractivity contribution in [3.63, 3.8) is 0 Å². The molecule has 0 aromatic heterocycles. The molecule has 0 fully saturated rings. The molecule has 0 saturated carbocycles. The summed E-state index contributed by atoms with van der Waals surface area (Å²) in [5, 5.41) is 16.7. The molecule has 0 bridgehead atoms. The van der Waals surface area contributed by atoms with E-state index in [4.69, 9.17) is 15.0 Å². The van der Waals surface area contributed by atoms with Gasteiger partial charge in [-0.25, -0.2) is 0 Å². The summed E-state index contributed by atoms with van der Waals surface area (Å²) in [6.07, 6.45) is -2.33. The van der Waals surface area contributed by atoms with Crippen molar-refractivity contribution in [2.75, 3.05) is 0 Å². The predicted octanol–water partition coefficient (Wildman–Crippen LogP) is -2.96. The van der Waals surface area contributed by atoms with Gasteiger partial charge < -0.3 is 15.0 Å². The van der Waals surface area contributed by atoms with E-state index >= 15 is 0 Å². The Labute approximate surface area is 62.3 Å². The summed E-state index contributed by atoms with van der Waals surface area (Å²) in [6, 6.07) is 0. The molecule has 0 aromatic rings. The van der Waals surface area contributed by atoms with E-state index in [-0.39, 0.29) is 15.6 Å². The SMILES string of the molecule is O=C([O-])[O-].[CH3][AlH][O][Al+2]. The summed E-state index contributed by atoms with van der Waals surface area (Å²) < 4.78 is 4.60. The van der Waals surface area contributed by atoms with Crippen LogP contribution >= 0.6 is 0 Å². The van der Waals surface area contributed by atoms with Gasteiger partial charge in [0.2, 0.25) is 0 Å². The molecule has 0 atom stereocenters. The minimum absolute atomic E-state index is 0.113. The number of carbonyl (C=O) groups excluding carboxylic acids is 1. The number of rotatable bonds is 1. The van der Waals surface area contributed by atoms with Crippen LogP contribution in [0.2, 0.25) is 5.79 Å². The first-order chi connectivity index (χ1) is 3.65. The molecule has 8 heavy (non-hydrogen) atoms. The number of carbonyl (C=O) groups is 1. The van der Waals surface area contributed by atoms with E-state index in [1.807, 2.05) is 0 Å². The molecule has 0 aromatic carbocycles. The third-order valence-corrected chi connectivity index (χ3v) is 1.50. The van der Waals surface area contributed by atoms with Crippen LogP contribution in [0.5, 0.6) is 0 Å². The van der Waals surface area contributed by atoms with E-state index in [0.717, 1.165) is 0 Å². The van der Waals surface area contributed by atoms with Gasteiger partial charge in [-0.1, -0.05) is 0 Å². The Kier molecular flexibility index (Phi) is 14.4. The van der Waals surface area contributed by atoms with Gasteiger partial charge in [-0.05, 0) is 6.16 Å². The Morgan fingerprint density at radius 2 is 1.88 bits per heavy atom. The molecule has 6 heteroatoms. The zero-order valence-corrected chi connectivity index (χ0v) is 6.99. The van der Waals surface area contributed by atoms with E-state index in [2.05, 4.69) is 25.2 Å². The number of hydrogen-bond donors (Lipinski definition) is 0. The molecule has 0 amide bonds. The van der Waals surface area contributed by atoms with Gasteiger partial charge in [0, 0.05) is 0 Å². The summed E-state index contributed by atoms with van der Waals surface area (Å²) in [7, 11) is 0. The Hall–Kier alpha value is 0.295. The average molecular weight is 146 g/mol. The van der Waals surface area contributed by atoms with Crippen LogP contribution in [0.1, 0.15) is 0 Å². The second-order valence-electron chi connectivity index (χ2n) is 0.705.